The second kappa shape index (κ2) is 4.96. The van der Waals surface area contributed by atoms with Gasteiger partial charge in [0.1, 0.15) is 4.88 Å². The Morgan fingerprint density at radius 2 is 2.00 bits per heavy atom. The molecule has 2 nitrogen and oxygen atoms in total. The van der Waals surface area contributed by atoms with Gasteiger partial charge in [0.25, 0.3) is 0 Å². The fraction of sp³-hybridized carbons (Fsp3) is 0.0714. The van der Waals surface area contributed by atoms with E-state index < -0.39 is 5.97 Å². The number of hydrogen-bond donors (Lipinski definition) is 1. The van der Waals surface area contributed by atoms with Crippen LogP contribution in [-0.2, 0) is 6.42 Å². The maximum atomic E-state index is 11.0. The Labute approximate surface area is 122 Å². The Hall–Kier alpha value is -1.36. The number of hydrogen-bond acceptors (Lipinski definition) is 3. The van der Waals surface area contributed by atoms with Gasteiger partial charge in [0.2, 0.25) is 0 Å². The van der Waals surface area contributed by atoms with Crippen LogP contribution >= 0.6 is 34.3 Å². The van der Waals surface area contributed by atoms with Gasteiger partial charge in [-0.3, -0.25) is 0 Å². The Kier molecular flexibility index (Phi) is 3.31. The third-order valence-electron chi connectivity index (χ3n) is 2.84. The van der Waals surface area contributed by atoms with E-state index in [9.17, 15) is 4.79 Å². The maximum absolute atomic E-state index is 11.0. The lowest BCUT2D eigenvalue weighted by atomic mass is 10.1. The molecular weight excluding hydrogens is 300 g/mol. The summed E-state index contributed by atoms with van der Waals surface area (Å²) in [6.45, 7) is 0. The molecule has 0 aliphatic carbocycles. The highest BCUT2D eigenvalue weighted by Crippen LogP contribution is 2.35. The molecule has 0 aliphatic rings. The van der Waals surface area contributed by atoms with E-state index in [0.29, 0.717) is 4.88 Å². The molecule has 0 spiro atoms. The van der Waals surface area contributed by atoms with E-state index in [1.54, 1.807) is 17.4 Å². The van der Waals surface area contributed by atoms with Gasteiger partial charge in [0.15, 0.2) is 0 Å². The van der Waals surface area contributed by atoms with Crippen molar-refractivity contribution in [2.45, 2.75) is 6.42 Å². The summed E-state index contributed by atoms with van der Waals surface area (Å²) in [5.74, 6) is -0.856. The first-order chi connectivity index (χ1) is 9.13. The molecule has 2 aromatic heterocycles. The highest BCUT2D eigenvalue weighted by atomic mass is 35.5. The fourth-order valence-corrected chi connectivity index (χ4v) is 4.27. The van der Waals surface area contributed by atoms with Crippen molar-refractivity contribution in [1.82, 2.24) is 0 Å². The number of carboxylic acid groups (broad SMARTS) is 1. The van der Waals surface area contributed by atoms with Gasteiger partial charge >= 0.3 is 5.97 Å². The summed E-state index contributed by atoms with van der Waals surface area (Å²) < 4.78 is 2.13. The fourth-order valence-electron chi connectivity index (χ4n) is 1.92. The summed E-state index contributed by atoms with van der Waals surface area (Å²) in [4.78, 5) is 11.4. The summed E-state index contributed by atoms with van der Waals surface area (Å²) in [5, 5.41) is 11.8. The Bertz CT molecular complexity index is 740. The Morgan fingerprint density at radius 3 is 2.68 bits per heavy atom. The molecule has 0 atom stereocenters. The third kappa shape index (κ3) is 2.52. The summed E-state index contributed by atoms with van der Waals surface area (Å²) in [5.41, 5.74) is 2.36. The van der Waals surface area contributed by atoms with Gasteiger partial charge in [0.05, 0.1) is 0 Å². The molecule has 3 rings (SSSR count). The average Bonchev–Trinajstić information content (AvgIpc) is 2.94. The summed E-state index contributed by atoms with van der Waals surface area (Å²) >= 11 is 8.81. The van der Waals surface area contributed by atoms with E-state index >= 15 is 0 Å². The van der Waals surface area contributed by atoms with Gasteiger partial charge in [-0.25, -0.2) is 4.79 Å². The lowest BCUT2D eigenvalue weighted by Gasteiger charge is -1.99. The smallest absolute Gasteiger partial charge is 0.345 e. The highest BCUT2D eigenvalue weighted by Gasteiger charge is 2.13. The number of carbonyl (C=O) groups is 1. The molecule has 19 heavy (non-hydrogen) atoms. The molecule has 5 heteroatoms. The first kappa shape index (κ1) is 12.7. The van der Waals surface area contributed by atoms with Crippen LogP contribution in [0.1, 0.15) is 20.8 Å². The van der Waals surface area contributed by atoms with E-state index in [0.717, 1.165) is 20.8 Å². The molecule has 0 amide bonds. The zero-order chi connectivity index (χ0) is 13.4. The molecule has 0 aliphatic heterocycles. The van der Waals surface area contributed by atoms with Crippen molar-refractivity contribution in [2.24, 2.45) is 0 Å². The number of aromatic carboxylic acids is 1. The molecule has 0 bridgehead atoms. The van der Waals surface area contributed by atoms with Gasteiger partial charge < -0.3 is 5.11 Å². The van der Waals surface area contributed by atoms with E-state index in [1.165, 1.54) is 22.5 Å². The molecule has 0 radical (unpaired) electrons. The molecular formula is C14H9ClO2S2. The quantitative estimate of drug-likeness (QED) is 0.747. The monoisotopic (exact) mass is 308 g/mol. The topological polar surface area (TPSA) is 37.3 Å². The molecule has 3 aromatic rings. The van der Waals surface area contributed by atoms with Crippen molar-refractivity contribution in [3.05, 3.63) is 56.7 Å². The number of benzene rings is 1. The van der Waals surface area contributed by atoms with E-state index in [-0.39, 0.29) is 0 Å². The summed E-state index contributed by atoms with van der Waals surface area (Å²) in [6.07, 6.45) is 0.802. The van der Waals surface area contributed by atoms with Crippen LogP contribution in [0, 0.1) is 0 Å². The predicted molar refractivity (Wildman–Crippen MR) is 80.9 cm³/mol. The second-order valence-corrected chi connectivity index (χ2v) is 6.57. The van der Waals surface area contributed by atoms with Crippen molar-refractivity contribution >= 4 is 49.6 Å². The van der Waals surface area contributed by atoms with E-state index in [2.05, 4.69) is 5.38 Å². The van der Waals surface area contributed by atoms with Crippen LogP contribution in [-0.4, -0.2) is 11.1 Å². The van der Waals surface area contributed by atoms with Crippen molar-refractivity contribution in [3.8, 4) is 0 Å². The second-order valence-electron chi connectivity index (χ2n) is 4.17. The van der Waals surface area contributed by atoms with Crippen molar-refractivity contribution in [3.63, 3.8) is 0 Å². The first-order valence-electron chi connectivity index (χ1n) is 5.61. The van der Waals surface area contributed by atoms with Gasteiger partial charge in [0, 0.05) is 14.4 Å². The van der Waals surface area contributed by atoms with Crippen molar-refractivity contribution < 1.29 is 9.90 Å². The lowest BCUT2D eigenvalue weighted by Crippen LogP contribution is -1.89. The Morgan fingerprint density at radius 1 is 1.26 bits per heavy atom. The molecule has 1 N–H and O–H groups in total. The van der Waals surface area contributed by atoms with Gasteiger partial charge in [-0.1, -0.05) is 23.7 Å². The molecule has 0 unspecified atom stereocenters. The number of thiophene rings is 2. The first-order valence-corrected chi connectivity index (χ1v) is 7.68. The highest BCUT2D eigenvalue weighted by molar-refractivity contribution is 7.28. The minimum atomic E-state index is -0.856. The van der Waals surface area contributed by atoms with Crippen molar-refractivity contribution in [2.75, 3.05) is 0 Å². The van der Waals surface area contributed by atoms with Gasteiger partial charge in [-0.2, -0.15) is 0 Å². The minimum absolute atomic E-state index is 0.402. The molecule has 0 saturated heterocycles. The van der Waals surface area contributed by atoms with Crippen LogP contribution in [0.2, 0.25) is 5.02 Å². The van der Waals surface area contributed by atoms with Gasteiger partial charge in [-0.05, 0) is 41.1 Å². The zero-order valence-electron chi connectivity index (χ0n) is 9.72. The predicted octanol–water partition coefficient (Wildman–Crippen LogP) is 4.91. The molecule has 96 valence electrons. The summed E-state index contributed by atoms with van der Waals surface area (Å²) in [6, 6.07) is 9.49. The number of rotatable bonds is 3. The van der Waals surface area contributed by atoms with Crippen LogP contribution in [0.4, 0.5) is 0 Å². The van der Waals surface area contributed by atoms with Crippen LogP contribution in [0.15, 0.2) is 35.7 Å². The van der Waals surface area contributed by atoms with Crippen LogP contribution in [0.3, 0.4) is 0 Å². The number of fused-ring (bicyclic) bond motifs is 1. The van der Waals surface area contributed by atoms with Crippen LogP contribution < -0.4 is 0 Å². The minimum Gasteiger partial charge on any atom is -0.477 e. The third-order valence-corrected chi connectivity index (χ3v) is 5.39. The molecule has 2 heterocycles. The standard InChI is InChI=1S/C14H9ClO2S2/c15-10-3-1-8(2-4-10)5-9-7-18-11-6-12(14(16)17)19-13(9)11/h1-4,6-7H,5H2,(H,16,17). The molecule has 1 aromatic carbocycles. The van der Waals surface area contributed by atoms with E-state index in [1.807, 2.05) is 24.3 Å². The average molecular weight is 309 g/mol. The van der Waals surface area contributed by atoms with E-state index in [4.69, 9.17) is 16.7 Å². The molecule has 0 fully saturated rings. The van der Waals surface area contributed by atoms with Crippen LogP contribution in [0.5, 0.6) is 0 Å². The van der Waals surface area contributed by atoms with Crippen molar-refractivity contribution in [1.29, 1.82) is 0 Å². The maximum Gasteiger partial charge on any atom is 0.345 e. The normalized spacial score (nSPS) is 11.0. The van der Waals surface area contributed by atoms with Gasteiger partial charge in [-0.15, -0.1) is 22.7 Å². The van der Waals surface area contributed by atoms with Crippen LogP contribution in [0.25, 0.3) is 9.40 Å². The summed E-state index contributed by atoms with van der Waals surface area (Å²) in [7, 11) is 0. The zero-order valence-corrected chi connectivity index (χ0v) is 12.1. The lowest BCUT2D eigenvalue weighted by molar-refractivity contribution is 0.0702. The Balaban J connectivity index is 1.96. The number of carboxylic acids is 1. The SMILES string of the molecule is O=C(O)c1cc2scc(Cc3ccc(Cl)cc3)c2s1. The largest absolute Gasteiger partial charge is 0.477 e. The number of halogens is 1. The molecule has 0 saturated carbocycles.